The first kappa shape index (κ1) is 8.69. The van der Waals surface area contributed by atoms with Gasteiger partial charge in [0.15, 0.2) is 0 Å². The number of halogens is 1. The Balaban J connectivity index is 1.86. The van der Waals surface area contributed by atoms with Gasteiger partial charge < -0.3 is 4.90 Å². The molecule has 0 aromatic carbocycles. The van der Waals surface area contributed by atoms with Gasteiger partial charge in [0.1, 0.15) is 6.17 Å². The molecule has 0 saturated carbocycles. The zero-order valence-corrected chi connectivity index (χ0v) is 7.89. The van der Waals surface area contributed by atoms with Gasteiger partial charge in [0, 0.05) is 4.88 Å². The highest BCUT2D eigenvalue weighted by molar-refractivity contribution is 7.10. The monoisotopic (exact) mass is 199 g/mol. The van der Waals surface area contributed by atoms with Gasteiger partial charge in [-0.05, 0) is 11.4 Å². The minimum Gasteiger partial charge on any atom is -0.336 e. The van der Waals surface area contributed by atoms with E-state index in [2.05, 4.69) is 0 Å². The van der Waals surface area contributed by atoms with E-state index in [0.717, 1.165) is 4.88 Å². The average Bonchev–Trinajstić information content (AvgIpc) is 2.51. The van der Waals surface area contributed by atoms with Crippen LogP contribution in [0.25, 0.3) is 0 Å². The number of alkyl halides is 1. The van der Waals surface area contributed by atoms with E-state index in [-0.39, 0.29) is 19.0 Å². The molecule has 1 fully saturated rings. The van der Waals surface area contributed by atoms with Crippen molar-refractivity contribution in [1.29, 1.82) is 0 Å². The third-order valence-electron chi connectivity index (χ3n) is 2.10. The van der Waals surface area contributed by atoms with Gasteiger partial charge in [0.2, 0.25) is 5.91 Å². The van der Waals surface area contributed by atoms with Crippen molar-refractivity contribution in [3.63, 3.8) is 0 Å². The second-order valence-corrected chi connectivity index (χ2v) is 4.18. The van der Waals surface area contributed by atoms with Crippen molar-refractivity contribution in [3.8, 4) is 0 Å². The van der Waals surface area contributed by atoms with E-state index in [1.807, 2.05) is 17.5 Å². The molecule has 2 nitrogen and oxygen atoms in total. The highest BCUT2D eigenvalue weighted by atomic mass is 32.1. The molecule has 0 bridgehead atoms. The number of thiophene rings is 1. The van der Waals surface area contributed by atoms with Gasteiger partial charge in [-0.15, -0.1) is 11.3 Å². The number of hydrogen-bond donors (Lipinski definition) is 0. The molecule has 1 aliphatic rings. The Bertz CT molecular complexity index is 293. The van der Waals surface area contributed by atoms with Crippen molar-refractivity contribution in [3.05, 3.63) is 22.4 Å². The molecule has 2 rings (SSSR count). The standard InChI is InChI=1S/C9H10FNOS/c10-7-5-11(6-7)9(12)4-8-2-1-3-13-8/h1-3,7H,4-6H2. The highest BCUT2D eigenvalue weighted by Gasteiger charge is 2.29. The van der Waals surface area contributed by atoms with Crippen LogP contribution < -0.4 is 0 Å². The zero-order valence-electron chi connectivity index (χ0n) is 7.07. The van der Waals surface area contributed by atoms with Gasteiger partial charge in [0.05, 0.1) is 19.5 Å². The largest absolute Gasteiger partial charge is 0.336 e. The summed E-state index contributed by atoms with van der Waals surface area (Å²) in [6.45, 7) is 0.564. The minimum atomic E-state index is -0.799. The molecule has 1 saturated heterocycles. The summed E-state index contributed by atoms with van der Waals surface area (Å²) in [5, 5.41) is 1.94. The average molecular weight is 199 g/mol. The van der Waals surface area contributed by atoms with E-state index in [1.165, 1.54) is 0 Å². The van der Waals surface area contributed by atoms with Crippen LogP contribution in [-0.2, 0) is 11.2 Å². The van der Waals surface area contributed by atoms with Crippen LogP contribution in [0.2, 0.25) is 0 Å². The Morgan fingerprint density at radius 2 is 2.46 bits per heavy atom. The SMILES string of the molecule is O=C(Cc1cccs1)N1CC(F)C1. The molecule has 13 heavy (non-hydrogen) atoms. The fourth-order valence-electron chi connectivity index (χ4n) is 1.30. The Morgan fingerprint density at radius 3 is 3.00 bits per heavy atom. The smallest absolute Gasteiger partial charge is 0.228 e. The Kier molecular flexibility index (Phi) is 2.31. The molecule has 1 amide bonds. The van der Waals surface area contributed by atoms with Crippen LogP contribution in [0.5, 0.6) is 0 Å². The van der Waals surface area contributed by atoms with Crippen molar-refractivity contribution in [1.82, 2.24) is 4.90 Å². The summed E-state index contributed by atoms with van der Waals surface area (Å²) in [5.41, 5.74) is 0. The van der Waals surface area contributed by atoms with Gasteiger partial charge in [-0.3, -0.25) is 4.79 Å². The van der Waals surface area contributed by atoms with Gasteiger partial charge in [-0.1, -0.05) is 6.07 Å². The minimum absolute atomic E-state index is 0.0383. The van der Waals surface area contributed by atoms with E-state index in [1.54, 1.807) is 16.2 Å². The van der Waals surface area contributed by atoms with Crippen LogP contribution in [0.15, 0.2) is 17.5 Å². The first-order valence-corrected chi connectivity index (χ1v) is 5.08. The maximum absolute atomic E-state index is 12.4. The number of hydrogen-bond acceptors (Lipinski definition) is 2. The second-order valence-electron chi connectivity index (χ2n) is 3.15. The highest BCUT2D eigenvalue weighted by Crippen LogP contribution is 2.15. The molecular weight excluding hydrogens is 189 g/mol. The molecule has 0 aliphatic carbocycles. The molecule has 0 radical (unpaired) electrons. The summed E-state index contributed by atoms with van der Waals surface area (Å²) in [6.07, 6.45) is -0.378. The van der Waals surface area contributed by atoms with Crippen molar-refractivity contribution < 1.29 is 9.18 Å². The van der Waals surface area contributed by atoms with E-state index in [0.29, 0.717) is 6.42 Å². The van der Waals surface area contributed by atoms with E-state index < -0.39 is 6.17 Å². The maximum Gasteiger partial charge on any atom is 0.228 e. The van der Waals surface area contributed by atoms with Crippen LogP contribution in [0.4, 0.5) is 4.39 Å². The lowest BCUT2D eigenvalue weighted by Gasteiger charge is -2.34. The fourth-order valence-corrected chi connectivity index (χ4v) is 2.00. The van der Waals surface area contributed by atoms with Gasteiger partial charge in [-0.2, -0.15) is 0 Å². The predicted octanol–water partition coefficient (Wildman–Crippen LogP) is 1.47. The molecule has 0 atom stereocenters. The summed E-state index contributed by atoms with van der Waals surface area (Å²) in [6, 6.07) is 3.84. The quantitative estimate of drug-likeness (QED) is 0.706. The van der Waals surface area contributed by atoms with Crippen molar-refractivity contribution in [2.45, 2.75) is 12.6 Å². The van der Waals surface area contributed by atoms with E-state index in [4.69, 9.17) is 0 Å². The lowest BCUT2D eigenvalue weighted by molar-refractivity contribution is -0.137. The second kappa shape index (κ2) is 3.46. The first-order chi connectivity index (χ1) is 6.25. The third-order valence-corrected chi connectivity index (χ3v) is 2.97. The molecule has 70 valence electrons. The Hall–Kier alpha value is -0.900. The number of rotatable bonds is 2. The van der Waals surface area contributed by atoms with Crippen LogP contribution in [-0.4, -0.2) is 30.1 Å². The molecule has 1 aromatic rings. The normalized spacial score (nSPS) is 17.2. The fraction of sp³-hybridized carbons (Fsp3) is 0.444. The molecule has 2 heterocycles. The lowest BCUT2D eigenvalue weighted by atomic mass is 10.1. The summed E-state index contributed by atoms with van der Waals surface area (Å²) in [4.78, 5) is 14.0. The molecule has 1 aromatic heterocycles. The lowest BCUT2D eigenvalue weighted by Crippen LogP contribution is -2.51. The van der Waals surface area contributed by atoms with Crippen molar-refractivity contribution in [2.75, 3.05) is 13.1 Å². The van der Waals surface area contributed by atoms with E-state index in [9.17, 15) is 9.18 Å². The van der Waals surface area contributed by atoms with Crippen LogP contribution in [0, 0.1) is 0 Å². The van der Waals surface area contributed by atoms with Gasteiger partial charge in [-0.25, -0.2) is 4.39 Å². The van der Waals surface area contributed by atoms with Crippen molar-refractivity contribution >= 4 is 17.2 Å². The molecule has 0 N–H and O–H groups in total. The molecular formula is C9H10FNOS. The van der Waals surface area contributed by atoms with Crippen LogP contribution >= 0.6 is 11.3 Å². The topological polar surface area (TPSA) is 20.3 Å². The number of amides is 1. The summed E-state index contributed by atoms with van der Waals surface area (Å²) in [5.74, 6) is 0.0383. The summed E-state index contributed by atoms with van der Waals surface area (Å²) in [7, 11) is 0. The number of likely N-dealkylation sites (tertiary alicyclic amines) is 1. The van der Waals surface area contributed by atoms with Gasteiger partial charge in [0.25, 0.3) is 0 Å². The molecule has 0 spiro atoms. The number of carbonyl (C=O) groups excluding carboxylic acids is 1. The molecule has 0 unspecified atom stereocenters. The molecule has 1 aliphatic heterocycles. The Morgan fingerprint density at radius 1 is 1.69 bits per heavy atom. The summed E-state index contributed by atoms with van der Waals surface area (Å²) >= 11 is 1.56. The van der Waals surface area contributed by atoms with Gasteiger partial charge >= 0.3 is 0 Å². The summed E-state index contributed by atoms with van der Waals surface area (Å²) < 4.78 is 12.4. The maximum atomic E-state index is 12.4. The molecule has 4 heteroatoms. The van der Waals surface area contributed by atoms with E-state index >= 15 is 0 Å². The van der Waals surface area contributed by atoms with Crippen LogP contribution in [0.1, 0.15) is 4.88 Å². The Labute approximate surface area is 80.0 Å². The van der Waals surface area contributed by atoms with Crippen LogP contribution in [0.3, 0.4) is 0 Å². The zero-order chi connectivity index (χ0) is 9.26. The number of nitrogens with zero attached hydrogens (tertiary/aromatic N) is 1. The third kappa shape index (κ3) is 1.88. The predicted molar refractivity (Wildman–Crippen MR) is 49.5 cm³/mol. The number of carbonyl (C=O) groups is 1. The van der Waals surface area contributed by atoms with Crippen molar-refractivity contribution in [2.24, 2.45) is 0 Å². The first-order valence-electron chi connectivity index (χ1n) is 4.20.